The Bertz CT molecular complexity index is 795. The molecule has 0 radical (unpaired) electrons. The summed E-state index contributed by atoms with van der Waals surface area (Å²) in [6.45, 7) is 0. The fourth-order valence-corrected chi connectivity index (χ4v) is 2.65. The molecular formula is C17H14ClN3O3. The maximum absolute atomic E-state index is 12.4. The number of halogens is 1. The molecule has 7 heteroatoms. The summed E-state index contributed by atoms with van der Waals surface area (Å²) in [5, 5.41) is 3.50. The van der Waals surface area contributed by atoms with Gasteiger partial charge in [-0.2, -0.15) is 5.01 Å². The van der Waals surface area contributed by atoms with Crippen molar-refractivity contribution in [2.45, 2.75) is 12.5 Å². The van der Waals surface area contributed by atoms with Crippen LogP contribution in [0.1, 0.15) is 15.9 Å². The van der Waals surface area contributed by atoms with Crippen molar-refractivity contribution in [1.29, 1.82) is 0 Å². The highest BCUT2D eigenvalue weighted by molar-refractivity contribution is 6.33. The van der Waals surface area contributed by atoms with E-state index in [0.717, 1.165) is 5.56 Å². The van der Waals surface area contributed by atoms with Crippen molar-refractivity contribution in [1.82, 2.24) is 15.8 Å². The van der Waals surface area contributed by atoms with Gasteiger partial charge in [-0.05, 0) is 17.7 Å². The van der Waals surface area contributed by atoms with Gasteiger partial charge < -0.3 is 5.32 Å². The van der Waals surface area contributed by atoms with Gasteiger partial charge in [-0.25, -0.2) is 4.79 Å². The standard InChI is InChI=1S/C17H14ClN3O3/c18-13-9-5-4-8-12(13)15(22)20-21-16(23)14(19-17(21)24)10-11-6-2-1-3-7-11/h1-9,14H,10H2,(H,19,24)(H,20,22). The first-order chi connectivity index (χ1) is 11.6. The van der Waals surface area contributed by atoms with Crippen LogP contribution in [0, 0.1) is 0 Å². The van der Waals surface area contributed by atoms with Crippen LogP contribution in [-0.2, 0) is 11.2 Å². The minimum absolute atomic E-state index is 0.186. The number of hydrazine groups is 1. The summed E-state index contributed by atoms with van der Waals surface area (Å²) in [7, 11) is 0. The molecule has 4 amide bonds. The smallest absolute Gasteiger partial charge is 0.324 e. The van der Waals surface area contributed by atoms with E-state index in [2.05, 4.69) is 10.7 Å². The van der Waals surface area contributed by atoms with Crippen molar-refractivity contribution in [3.8, 4) is 0 Å². The van der Waals surface area contributed by atoms with Crippen molar-refractivity contribution in [3.63, 3.8) is 0 Å². The third-order valence-corrected chi connectivity index (χ3v) is 3.96. The van der Waals surface area contributed by atoms with E-state index < -0.39 is 23.9 Å². The summed E-state index contributed by atoms with van der Waals surface area (Å²) in [5.74, 6) is -1.13. The molecule has 2 N–H and O–H groups in total. The van der Waals surface area contributed by atoms with Gasteiger partial charge in [-0.15, -0.1) is 0 Å². The first kappa shape index (κ1) is 16.0. The number of amides is 4. The zero-order valence-electron chi connectivity index (χ0n) is 12.5. The van der Waals surface area contributed by atoms with E-state index >= 15 is 0 Å². The largest absolute Gasteiger partial charge is 0.344 e. The molecule has 122 valence electrons. The Kier molecular flexibility index (Phi) is 4.48. The second kappa shape index (κ2) is 6.72. The van der Waals surface area contributed by atoms with Gasteiger partial charge in [0, 0.05) is 6.42 Å². The lowest BCUT2D eigenvalue weighted by atomic mass is 10.1. The highest BCUT2D eigenvalue weighted by atomic mass is 35.5. The zero-order chi connectivity index (χ0) is 17.1. The minimum Gasteiger partial charge on any atom is -0.324 e. The predicted molar refractivity (Wildman–Crippen MR) is 88.2 cm³/mol. The molecular weight excluding hydrogens is 330 g/mol. The molecule has 2 aromatic carbocycles. The number of urea groups is 1. The van der Waals surface area contributed by atoms with Crippen LogP contribution in [0.2, 0.25) is 5.02 Å². The number of hydrogen-bond donors (Lipinski definition) is 2. The fourth-order valence-electron chi connectivity index (χ4n) is 2.43. The van der Waals surface area contributed by atoms with Crippen LogP contribution in [-0.4, -0.2) is 28.9 Å². The van der Waals surface area contributed by atoms with E-state index in [4.69, 9.17) is 11.6 Å². The van der Waals surface area contributed by atoms with Crippen molar-refractivity contribution in [2.24, 2.45) is 0 Å². The second-order valence-electron chi connectivity index (χ2n) is 5.29. The molecule has 1 atom stereocenters. The SMILES string of the molecule is O=C(NN1C(=O)NC(Cc2ccccc2)C1=O)c1ccccc1Cl. The molecule has 1 heterocycles. The molecule has 1 unspecified atom stereocenters. The normalized spacial score (nSPS) is 16.9. The van der Waals surface area contributed by atoms with Gasteiger partial charge in [0.05, 0.1) is 10.6 Å². The molecule has 0 spiro atoms. The lowest BCUT2D eigenvalue weighted by Gasteiger charge is -2.14. The van der Waals surface area contributed by atoms with E-state index in [-0.39, 0.29) is 10.6 Å². The van der Waals surface area contributed by atoms with Crippen LogP contribution < -0.4 is 10.7 Å². The number of carbonyl (C=O) groups is 3. The van der Waals surface area contributed by atoms with E-state index in [0.29, 0.717) is 11.4 Å². The summed E-state index contributed by atoms with van der Waals surface area (Å²) in [5.41, 5.74) is 3.40. The van der Waals surface area contributed by atoms with Crippen molar-refractivity contribution in [3.05, 3.63) is 70.7 Å². The van der Waals surface area contributed by atoms with Gasteiger partial charge in [0.25, 0.3) is 11.8 Å². The number of rotatable bonds is 4. The summed E-state index contributed by atoms with van der Waals surface area (Å²) in [4.78, 5) is 36.6. The van der Waals surface area contributed by atoms with Crippen LogP contribution in [0.25, 0.3) is 0 Å². The summed E-state index contributed by atoms with van der Waals surface area (Å²) >= 11 is 5.95. The van der Waals surface area contributed by atoms with E-state index in [9.17, 15) is 14.4 Å². The molecule has 3 rings (SSSR count). The van der Waals surface area contributed by atoms with Gasteiger partial charge in [-0.3, -0.25) is 15.0 Å². The third-order valence-electron chi connectivity index (χ3n) is 3.63. The summed E-state index contributed by atoms with van der Waals surface area (Å²) in [6, 6.07) is 14.3. The van der Waals surface area contributed by atoms with E-state index in [1.807, 2.05) is 30.3 Å². The Balaban J connectivity index is 1.71. The van der Waals surface area contributed by atoms with Crippen molar-refractivity contribution in [2.75, 3.05) is 0 Å². The van der Waals surface area contributed by atoms with Crippen LogP contribution in [0.3, 0.4) is 0 Å². The minimum atomic E-state index is -0.716. The molecule has 1 saturated heterocycles. The molecule has 1 fully saturated rings. The van der Waals surface area contributed by atoms with Gasteiger partial charge in [0.1, 0.15) is 6.04 Å². The van der Waals surface area contributed by atoms with Crippen LogP contribution in [0.5, 0.6) is 0 Å². The monoisotopic (exact) mass is 343 g/mol. The number of imide groups is 1. The Morgan fingerprint density at radius 3 is 2.46 bits per heavy atom. The number of nitrogens with zero attached hydrogens (tertiary/aromatic N) is 1. The molecule has 0 saturated carbocycles. The number of nitrogens with one attached hydrogen (secondary N) is 2. The quantitative estimate of drug-likeness (QED) is 0.835. The number of carbonyl (C=O) groups excluding carboxylic acids is 3. The van der Waals surface area contributed by atoms with Gasteiger partial charge in [0.2, 0.25) is 0 Å². The predicted octanol–water partition coefficient (Wildman–Crippen LogP) is 2.15. The average molecular weight is 344 g/mol. The molecule has 1 aliphatic rings. The first-order valence-corrected chi connectivity index (χ1v) is 7.68. The third kappa shape index (κ3) is 3.23. The van der Waals surface area contributed by atoms with Gasteiger partial charge >= 0.3 is 6.03 Å². The Hall–Kier alpha value is -2.86. The van der Waals surface area contributed by atoms with E-state index in [1.165, 1.54) is 6.07 Å². The topological polar surface area (TPSA) is 78.5 Å². The highest BCUT2D eigenvalue weighted by Gasteiger charge is 2.39. The van der Waals surface area contributed by atoms with Crippen molar-refractivity contribution < 1.29 is 14.4 Å². The van der Waals surface area contributed by atoms with Crippen molar-refractivity contribution >= 4 is 29.4 Å². The van der Waals surface area contributed by atoms with Crippen LogP contribution in [0.4, 0.5) is 4.79 Å². The first-order valence-electron chi connectivity index (χ1n) is 7.30. The molecule has 24 heavy (non-hydrogen) atoms. The fraction of sp³-hybridized carbons (Fsp3) is 0.118. The summed E-state index contributed by atoms with van der Waals surface area (Å²) in [6.07, 6.45) is 0.351. The van der Waals surface area contributed by atoms with Crippen LogP contribution >= 0.6 is 11.6 Å². The van der Waals surface area contributed by atoms with E-state index in [1.54, 1.807) is 18.2 Å². The molecule has 0 aromatic heterocycles. The lowest BCUT2D eigenvalue weighted by molar-refractivity contribution is -0.129. The zero-order valence-corrected chi connectivity index (χ0v) is 13.3. The average Bonchev–Trinajstić information content (AvgIpc) is 2.83. The van der Waals surface area contributed by atoms with Crippen LogP contribution in [0.15, 0.2) is 54.6 Å². The Labute approximate surface area is 143 Å². The van der Waals surface area contributed by atoms with Gasteiger partial charge in [0.15, 0.2) is 0 Å². The molecule has 6 nitrogen and oxygen atoms in total. The Morgan fingerprint density at radius 1 is 1.08 bits per heavy atom. The highest BCUT2D eigenvalue weighted by Crippen LogP contribution is 2.16. The number of hydrogen-bond acceptors (Lipinski definition) is 3. The lowest BCUT2D eigenvalue weighted by Crippen LogP contribution is -2.46. The summed E-state index contributed by atoms with van der Waals surface area (Å²) < 4.78 is 0. The Morgan fingerprint density at radius 2 is 1.75 bits per heavy atom. The molecule has 2 aromatic rings. The molecule has 1 aliphatic heterocycles. The molecule has 0 bridgehead atoms. The molecule has 0 aliphatic carbocycles. The maximum Gasteiger partial charge on any atom is 0.344 e. The second-order valence-corrected chi connectivity index (χ2v) is 5.69. The number of benzene rings is 2. The van der Waals surface area contributed by atoms with Gasteiger partial charge in [-0.1, -0.05) is 54.1 Å². The maximum atomic E-state index is 12.4.